The van der Waals surface area contributed by atoms with Crippen molar-refractivity contribution < 1.29 is 12.8 Å². The molecule has 1 N–H and O–H groups in total. The van der Waals surface area contributed by atoms with Crippen molar-refractivity contribution >= 4 is 10.0 Å². The lowest BCUT2D eigenvalue weighted by Crippen LogP contribution is -2.27. The van der Waals surface area contributed by atoms with E-state index in [1.807, 2.05) is 0 Å². The average molecular weight is 284 g/mol. The number of nitrogens with one attached hydrogen (secondary N) is 1. The van der Waals surface area contributed by atoms with Crippen LogP contribution in [0.2, 0.25) is 0 Å². The van der Waals surface area contributed by atoms with Crippen LogP contribution in [0.15, 0.2) is 35.5 Å². The molecule has 0 aliphatic heterocycles. The van der Waals surface area contributed by atoms with Crippen LogP contribution in [-0.2, 0) is 23.5 Å². The van der Waals surface area contributed by atoms with E-state index in [-0.39, 0.29) is 11.4 Å². The molecular formula is C11H13FN4O2S. The maximum Gasteiger partial charge on any atom is 0.243 e. The standard InChI is InChI=1S/C11H13FN4O2S/c1-16-8-13-11(15-16)6-7-14-19(17,18)10-5-3-2-4-9(10)12/h2-5,8,14H,6-7H2,1H3. The van der Waals surface area contributed by atoms with Crippen LogP contribution in [0, 0.1) is 5.82 Å². The first-order chi connectivity index (χ1) is 8.99. The highest BCUT2D eigenvalue weighted by Gasteiger charge is 2.17. The van der Waals surface area contributed by atoms with E-state index in [1.165, 1.54) is 29.2 Å². The Morgan fingerprint density at radius 1 is 1.37 bits per heavy atom. The fraction of sp³-hybridized carbons (Fsp3) is 0.273. The third kappa shape index (κ3) is 3.36. The SMILES string of the molecule is Cn1cnc(CCNS(=O)(=O)c2ccccc2F)n1. The van der Waals surface area contributed by atoms with Gasteiger partial charge in [-0.2, -0.15) is 5.10 Å². The fourth-order valence-electron chi connectivity index (χ4n) is 1.54. The Kier molecular flexibility index (Phi) is 3.91. The van der Waals surface area contributed by atoms with Gasteiger partial charge in [0.25, 0.3) is 0 Å². The summed E-state index contributed by atoms with van der Waals surface area (Å²) in [5.41, 5.74) is 0. The van der Waals surface area contributed by atoms with Gasteiger partial charge in [-0.15, -0.1) is 0 Å². The third-order valence-corrected chi connectivity index (χ3v) is 3.91. The van der Waals surface area contributed by atoms with Crippen LogP contribution in [0.3, 0.4) is 0 Å². The van der Waals surface area contributed by atoms with Gasteiger partial charge >= 0.3 is 0 Å². The number of aryl methyl sites for hydroxylation is 1. The summed E-state index contributed by atoms with van der Waals surface area (Å²) in [7, 11) is -2.12. The molecule has 6 nitrogen and oxygen atoms in total. The predicted octanol–water partition coefficient (Wildman–Crippen LogP) is 0.475. The van der Waals surface area contributed by atoms with E-state index in [0.29, 0.717) is 12.2 Å². The highest BCUT2D eigenvalue weighted by Crippen LogP contribution is 2.12. The molecule has 0 atom stereocenters. The molecule has 0 aliphatic carbocycles. The topological polar surface area (TPSA) is 76.9 Å². The van der Waals surface area contributed by atoms with Crippen LogP contribution in [0.25, 0.3) is 0 Å². The van der Waals surface area contributed by atoms with E-state index >= 15 is 0 Å². The monoisotopic (exact) mass is 284 g/mol. The summed E-state index contributed by atoms with van der Waals surface area (Å²) in [5.74, 6) is -0.246. The van der Waals surface area contributed by atoms with Crippen LogP contribution in [0.5, 0.6) is 0 Å². The lowest BCUT2D eigenvalue weighted by Gasteiger charge is -2.06. The van der Waals surface area contributed by atoms with Gasteiger partial charge in [0.2, 0.25) is 10.0 Å². The number of rotatable bonds is 5. The first-order valence-electron chi connectivity index (χ1n) is 5.58. The quantitative estimate of drug-likeness (QED) is 0.866. The zero-order valence-electron chi connectivity index (χ0n) is 10.2. The molecule has 1 aromatic heterocycles. The van der Waals surface area contributed by atoms with Gasteiger partial charge in [-0.05, 0) is 12.1 Å². The molecule has 1 heterocycles. The van der Waals surface area contributed by atoms with Crippen molar-refractivity contribution in [2.24, 2.45) is 7.05 Å². The van der Waals surface area contributed by atoms with E-state index in [2.05, 4.69) is 14.8 Å². The maximum absolute atomic E-state index is 13.4. The second kappa shape index (κ2) is 5.45. The Morgan fingerprint density at radius 2 is 2.11 bits per heavy atom. The first-order valence-corrected chi connectivity index (χ1v) is 7.06. The molecule has 0 spiro atoms. The summed E-state index contributed by atoms with van der Waals surface area (Å²) in [6.45, 7) is 0.112. The second-order valence-corrected chi connectivity index (χ2v) is 5.65. The van der Waals surface area contributed by atoms with Gasteiger partial charge in [-0.25, -0.2) is 22.5 Å². The molecule has 0 fully saturated rings. The summed E-state index contributed by atoms with van der Waals surface area (Å²) in [6.07, 6.45) is 1.87. The van der Waals surface area contributed by atoms with Gasteiger partial charge < -0.3 is 0 Å². The normalized spacial score (nSPS) is 11.7. The summed E-state index contributed by atoms with van der Waals surface area (Å²) in [5, 5.41) is 4.02. The van der Waals surface area contributed by atoms with Crippen LogP contribution in [-0.4, -0.2) is 29.7 Å². The number of hydrogen-bond acceptors (Lipinski definition) is 4. The zero-order valence-corrected chi connectivity index (χ0v) is 11.1. The molecule has 2 rings (SSSR count). The van der Waals surface area contributed by atoms with Crippen molar-refractivity contribution in [3.8, 4) is 0 Å². The van der Waals surface area contributed by atoms with Crippen molar-refractivity contribution in [2.45, 2.75) is 11.3 Å². The molecule has 0 unspecified atom stereocenters. The van der Waals surface area contributed by atoms with Gasteiger partial charge in [-0.3, -0.25) is 4.68 Å². The van der Waals surface area contributed by atoms with Crippen molar-refractivity contribution in [1.29, 1.82) is 0 Å². The van der Waals surface area contributed by atoms with Crippen molar-refractivity contribution in [3.63, 3.8) is 0 Å². The van der Waals surface area contributed by atoms with Crippen LogP contribution < -0.4 is 4.72 Å². The molecule has 0 aliphatic rings. The number of nitrogens with zero attached hydrogens (tertiary/aromatic N) is 3. The van der Waals surface area contributed by atoms with E-state index in [4.69, 9.17) is 0 Å². The summed E-state index contributed by atoms with van der Waals surface area (Å²) >= 11 is 0. The maximum atomic E-state index is 13.4. The number of halogens is 1. The molecular weight excluding hydrogens is 271 g/mol. The molecule has 19 heavy (non-hydrogen) atoms. The van der Waals surface area contributed by atoms with Gasteiger partial charge in [0.15, 0.2) is 5.82 Å². The highest BCUT2D eigenvalue weighted by atomic mass is 32.2. The third-order valence-electron chi connectivity index (χ3n) is 2.41. The lowest BCUT2D eigenvalue weighted by molar-refractivity contribution is 0.556. The molecule has 1 aromatic carbocycles. The number of aromatic nitrogens is 3. The Balaban J connectivity index is 2.01. The Hall–Kier alpha value is -1.80. The number of sulfonamides is 1. The van der Waals surface area contributed by atoms with Crippen molar-refractivity contribution in [2.75, 3.05) is 6.54 Å². The minimum absolute atomic E-state index is 0.112. The van der Waals surface area contributed by atoms with E-state index in [1.54, 1.807) is 7.05 Å². The van der Waals surface area contributed by atoms with Gasteiger partial charge in [-0.1, -0.05) is 12.1 Å². The van der Waals surface area contributed by atoms with Crippen molar-refractivity contribution in [3.05, 3.63) is 42.2 Å². The van der Waals surface area contributed by atoms with Crippen LogP contribution >= 0.6 is 0 Å². The molecule has 102 valence electrons. The molecule has 0 radical (unpaired) electrons. The summed E-state index contributed by atoms with van der Waals surface area (Å²) in [6, 6.07) is 5.23. The van der Waals surface area contributed by atoms with E-state index in [9.17, 15) is 12.8 Å². The van der Waals surface area contributed by atoms with Crippen LogP contribution in [0.4, 0.5) is 4.39 Å². The van der Waals surface area contributed by atoms with Crippen LogP contribution in [0.1, 0.15) is 5.82 Å². The molecule has 8 heteroatoms. The first kappa shape index (κ1) is 13.6. The second-order valence-electron chi connectivity index (χ2n) is 3.91. The van der Waals surface area contributed by atoms with Crippen molar-refractivity contribution in [1.82, 2.24) is 19.5 Å². The Morgan fingerprint density at radius 3 is 2.74 bits per heavy atom. The molecule has 2 aromatic rings. The molecule has 0 saturated carbocycles. The zero-order chi connectivity index (χ0) is 13.9. The number of hydrogen-bond donors (Lipinski definition) is 1. The minimum atomic E-state index is -3.84. The largest absolute Gasteiger partial charge is 0.256 e. The van der Waals surface area contributed by atoms with E-state index < -0.39 is 15.8 Å². The molecule has 0 bridgehead atoms. The van der Waals surface area contributed by atoms with E-state index in [0.717, 1.165) is 6.07 Å². The van der Waals surface area contributed by atoms with Gasteiger partial charge in [0.1, 0.15) is 17.0 Å². The average Bonchev–Trinajstić information content (AvgIpc) is 2.75. The minimum Gasteiger partial charge on any atom is -0.256 e. The smallest absolute Gasteiger partial charge is 0.243 e. The Bertz CT molecular complexity index is 669. The number of benzene rings is 1. The molecule has 0 saturated heterocycles. The fourth-order valence-corrected chi connectivity index (χ4v) is 2.64. The summed E-state index contributed by atoms with van der Waals surface area (Å²) in [4.78, 5) is 3.61. The van der Waals surface area contributed by atoms with Gasteiger partial charge in [0, 0.05) is 20.0 Å². The predicted molar refractivity (Wildman–Crippen MR) is 66.3 cm³/mol. The highest BCUT2D eigenvalue weighted by molar-refractivity contribution is 7.89. The molecule has 0 amide bonds. The lowest BCUT2D eigenvalue weighted by atomic mass is 10.4. The summed E-state index contributed by atoms with van der Waals surface area (Å²) < 4.78 is 40.9. The Labute approximate surface area is 110 Å². The van der Waals surface area contributed by atoms with Gasteiger partial charge in [0.05, 0.1) is 0 Å².